The molecule has 1 atom stereocenters. The van der Waals surface area contributed by atoms with Gasteiger partial charge in [0.1, 0.15) is 6.10 Å². The summed E-state index contributed by atoms with van der Waals surface area (Å²) in [6.45, 7) is 1.72. The van der Waals surface area contributed by atoms with Crippen molar-refractivity contribution in [2.75, 3.05) is 0 Å². The van der Waals surface area contributed by atoms with E-state index in [1.165, 1.54) is 0 Å². The largest absolute Gasteiger partial charge is 0.385 e. The molecule has 0 saturated carbocycles. The first-order valence-corrected chi connectivity index (χ1v) is 4.99. The van der Waals surface area contributed by atoms with Crippen LogP contribution < -0.4 is 0 Å². The topological polar surface area (TPSA) is 37.3 Å². The Morgan fingerprint density at radius 3 is 2.71 bits per heavy atom. The molecule has 0 aliphatic heterocycles. The Morgan fingerprint density at radius 1 is 1.50 bits per heavy atom. The van der Waals surface area contributed by atoms with Gasteiger partial charge in [0.2, 0.25) is 0 Å². The van der Waals surface area contributed by atoms with Gasteiger partial charge in [-0.2, -0.15) is 0 Å². The molecule has 1 aromatic rings. The van der Waals surface area contributed by atoms with E-state index in [1.54, 1.807) is 25.1 Å². The van der Waals surface area contributed by atoms with Crippen molar-refractivity contribution >= 4 is 29.0 Å². The number of aliphatic hydroxyl groups excluding tert-OH is 1. The Morgan fingerprint density at radius 2 is 2.14 bits per heavy atom. The van der Waals surface area contributed by atoms with Gasteiger partial charge in [-0.15, -0.1) is 0 Å². The van der Waals surface area contributed by atoms with Gasteiger partial charge < -0.3 is 5.11 Å². The molecule has 0 aliphatic carbocycles. The summed E-state index contributed by atoms with van der Waals surface area (Å²) in [7, 11) is 0. The minimum Gasteiger partial charge on any atom is -0.385 e. The number of rotatable bonds is 3. The lowest BCUT2D eigenvalue weighted by Crippen LogP contribution is -2.19. The van der Waals surface area contributed by atoms with E-state index in [1.807, 2.05) is 0 Å². The van der Waals surface area contributed by atoms with Crippen LogP contribution >= 0.6 is 23.2 Å². The third kappa shape index (κ3) is 2.27. The molecule has 0 saturated heterocycles. The molecule has 0 heterocycles. The van der Waals surface area contributed by atoms with Crippen molar-refractivity contribution in [2.45, 2.75) is 19.4 Å². The summed E-state index contributed by atoms with van der Waals surface area (Å²) in [4.78, 5) is 11.6. The molecule has 0 bridgehead atoms. The van der Waals surface area contributed by atoms with Gasteiger partial charge in [0.15, 0.2) is 5.78 Å². The van der Waals surface area contributed by atoms with E-state index in [0.29, 0.717) is 11.4 Å². The maximum atomic E-state index is 11.6. The Bertz CT molecular complexity index is 350. The second-order valence-corrected chi connectivity index (χ2v) is 3.67. The SMILES string of the molecule is CCC(O)C(=O)c1cccc(Cl)c1Cl. The molecule has 14 heavy (non-hydrogen) atoms. The molecule has 0 aliphatic rings. The van der Waals surface area contributed by atoms with Crippen LogP contribution in [0.4, 0.5) is 0 Å². The Kier molecular flexibility index (Phi) is 3.93. The molecule has 0 spiro atoms. The number of aliphatic hydroxyl groups is 1. The molecular formula is C10H10Cl2O2. The van der Waals surface area contributed by atoms with Gasteiger partial charge in [-0.25, -0.2) is 0 Å². The number of hydrogen-bond donors (Lipinski definition) is 1. The quantitative estimate of drug-likeness (QED) is 0.815. The van der Waals surface area contributed by atoms with Crippen LogP contribution in [0.2, 0.25) is 10.0 Å². The fourth-order valence-electron chi connectivity index (χ4n) is 1.06. The van der Waals surface area contributed by atoms with E-state index in [2.05, 4.69) is 0 Å². The van der Waals surface area contributed by atoms with Gasteiger partial charge in [-0.3, -0.25) is 4.79 Å². The predicted molar refractivity (Wildman–Crippen MR) is 57.1 cm³/mol. The third-order valence-electron chi connectivity index (χ3n) is 1.91. The minimum absolute atomic E-state index is 0.201. The minimum atomic E-state index is -1.01. The molecule has 1 N–H and O–H groups in total. The van der Waals surface area contributed by atoms with Gasteiger partial charge in [0.05, 0.1) is 10.0 Å². The highest BCUT2D eigenvalue weighted by Crippen LogP contribution is 2.26. The zero-order valence-corrected chi connectivity index (χ0v) is 9.14. The normalized spacial score (nSPS) is 12.6. The number of carbonyl (C=O) groups is 1. The molecule has 0 fully saturated rings. The average molecular weight is 233 g/mol. The van der Waals surface area contributed by atoms with Crippen LogP contribution in [-0.4, -0.2) is 17.0 Å². The van der Waals surface area contributed by atoms with Crippen LogP contribution in [0.25, 0.3) is 0 Å². The van der Waals surface area contributed by atoms with Crippen LogP contribution in [0.1, 0.15) is 23.7 Å². The standard InChI is InChI=1S/C10H10Cl2O2/c1-2-8(13)10(14)6-4-3-5-7(11)9(6)12/h3-5,8,13H,2H2,1H3. The van der Waals surface area contributed by atoms with E-state index in [9.17, 15) is 9.90 Å². The first-order chi connectivity index (χ1) is 6.57. The number of carbonyl (C=O) groups excluding carboxylic acids is 1. The molecule has 76 valence electrons. The van der Waals surface area contributed by atoms with Crippen molar-refractivity contribution in [3.8, 4) is 0 Å². The number of halogens is 2. The van der Waals surface area contributed by atoms with Crippen molar-refractivity contribution in [3.05, 3.63) is 33.8 Å². The summed E-state index contributed by atoms with van der Waals surface area (Å²) in [5.41, 5.74) is 0.272. The van der Waals surface area contributed by atoms with Crippen molar-refractivity contribution < 1.29 is 9.90 Å². The zero-order chi connectivity index (χ0) is 10.7. The summed E-state index contributed by atoms with van der Waals surface area (Å²) >= 11 is 11.6. The van der Waals surface area contributed by atoms with Crippen LogP contribution in [0, 0.1) is 0 Å². The second-order valence-electron chi connectivity index (χ2n) is 2.89. The smallest absolute Gasteiger partial charge is 0.192 e. The second kappa shape index (κ2) is 4.78. The third-order valence-corrected chi connectivity index (χ3v) is 2.73. The highest BCUT2D eigenvalue weighted by Gasteiger charge is 2.18. The fourth-order valence-corrected chi connectivity index (χ4v) is 1.45. The lowest BCUT2D eigenvalue weighted by molar-refractivity contribution is 0.0741. The predicted octanol–water partition coefficient (Wildman–Crippen LogP) is 2.95. The molecule has 1 aromatic carbocycles. The zero-order valence-electron chi connectivity index (χ0n) is 7.63. The first kappa shape index (κ1) is 11.5. The van der Waals surface area contributed by atoms with E-state index >= 15 is 0 Å². The molecule has 0 amide bonds. The van der Waals surface area contributed by atoms with E-state index in [0.717, 1.165) is 0 Å². The number of Topliss-reactive ketones (excluding diaryl/α,β-unsaturated/α-hetero) is 1. The summed E-state index contributed by atoms with van der Waals surface area (Å²) in [5, 5.41) is 9.86. The van der Waals surface area contributed by atoms with Crippen LogP contribution in [-0.2, 0) is 0 Å². The summed E-state index contributed by atoms with van der Waals surface area (Å²) in [5.74, 6) is -0.389. The van der Waals surface area contributed by atoms with Crippen molar-refractivity contribution in [3.63, 3.8) is 0 Å². The molecule has 1 rings (SSSR count). The first-order valence-electron chi connectivity index (χ1n) is 4.24. The maximum absolute atomic E-state index is 11.6. The number of benzene rings is 1. The van der Waals surface area contributed by atoms with Gasteiger partial charge >= 0.3 is 0 Å². The van der Waals surface area contributed by atoms with E-state index in [-0.39, 0.29) is 16.4 Å². The maximum Gasteiger partial charge on any atom is 0.192 e. The number of ketones is 1. The van der Waals surface area contributed by atoms with E-state index in [4.69, 9.17) is 23.2 Å². The molecule has 1 unspecified atom stereocenters. The van der Waals surface area contributed by atoms with Gasteiger partial charge in [-0.05, 0) is 18.6 Å². The van der Waals surface area contributed by atoms with Gasteiger partial charge in [0.25, 0.3) is 0 Å². The molecule has 2 nitrogen and oxygen atoms in total. The molecule has 0 radical (unpaired) electrons. The Hall–Kier alpha value is -0.570. The van der Waals surface area contributed by atoms with Crippen molar-refractivity contribution in [1.29, 1.82) is 0 Å². The Labute approximate surface area is 92.5 Å². The molecular weight excluding hydrogens is 223 g/mol. The Balaban J connectivity index is 3.07. The van der Waals surface area contributed by atoms with Crippen LogP contribution in [0.15, 0.2) is 18.2 Å². The van der Waals surface area contributed by atoms with Crippen molar-refractivity contribution in [2.24, 2.45) is 0 Å². The summed E-state index contributed by atoms with van der Waals surface area (Å²) in [6, 6.07) is 4.78. The summed E-state index contributed by atoms with van der Waals surface area (Å²) < 4.78 is 0. The van der Waals surface area contributed by atoms with Crippen LogP contribution in [0.3, 0.4) is 0 Å². The monoisotopic (exact) mass is 232 g/mol. The van der Waals surface area contributed by atoms with Crippen molar-refractivity contribution in [1.82, 2.24) is 0 Å². The lowest BCUT2D eigenvalue weighted by atomic mass is 10.0. The summed E-state index contributed by atoms with van der Waals surface area (Å²) in [6.07, 6.45) is -0.646. The van der Waals surface area contributed by atoms with Gasteiger partial charge in [0, 0.05) is 5.56 Å². The number of hydrogen-bond acceptors (Lipinski definition) is 2. The molecule has 4 heteroatoms. The highest BCUT2D eigenvalue weighted by atomic mass is 35.5. The molecule has 0 aromatic heterocycles. The average Bonchev–Trinajstić information content (AvgIpc) is 2.20. The highest BCUT2D eigenvalue weighted by molar-refractivity contribution is 6.44. The van der Waals surface area contributed by atoms with Crippen LogP contribution in [0.5, 0.6) is 0 Å². The fraction of sp³-hybridized carbons (Fsp3) is 0.300. The lowest BCUT2D eigenvalue weighted by Gasteiger charge is -2.08. The van der Waals surface area contributed by atoms with E-state index < -0.39 is 6.10 Å². The van der Waals surface area contributed by atoms with Gasteiger partial charge in [-0.1, -0.05) is 36.2 Å².